The molecule has 2 aliphatic carbocycles. The minimum atomic E-state index is -3.87. The van der Waals surface area contributed by atoms with Gasteiger partial charge in [0.1, 0.15) is 0 Å². The van der Waals surface area contributed by atoms with Crippen molar-refractivity contribution in [2.75, 3.05) is 14.1 Å². The maximum absolute atomic E-state index is 12.7. The van der Waals surface area contributed by atoms with Gasteiger partial charge in [-0.1, -0.05) is 60.7 Å². The van der Waals surface area contributed by atoms with E-state index in [0.29, 0.717) is 5.75 Å². The Kier molecular flexibility index (Phi) is 4.61. The zero-order valence-electron chi connectivity index (χ0n) is 18.8. The quantitative estimate of drug-likeness (QED) is 0.407. The zero-order chi connectivity index (χ0) is 22.7. The third kappa shape index (κ3) is 3.18. The Morgan fingerprint density at radius 1 is 0.636 bits per heavy atom. The smallest absolute Gasteiger partial charge is 0.370 e. The minimum absolute atomic E-state index is 0.405. The summed E-state index contributed by atoms with van der Waals surface area (Å²) in [6.07, 6.45) is 3.77. The molecule has 2 aliphatic rings. The van der Waals surface area contributed by atoms with E-state index >= 15 is 0 Å². The van der Waals surface area contributed by atoms with E-state index in [1.807, 2.05) is 6.07 Å². The van der Waals surface area contributed by atoms with Crippen molar-refractivity contribution >= 4 is 21.1 Å². The van der Waals surface area contributed by atoms with Crippen LogP contribution in [0.15, 0.2) is 66.7 Å². The van der Waals surface area contributed by atoms with Crippen LogP contribution in [0, 0.1) is 0 Å². The molecule has 4 aromatic carbocycles. The van der Waals surface area contributed by atoms with Gasteiger partial charge in [0.25, 0.3) is 0 Å². The Balaban J connectivity index is 1.68. The second kappa shape index (κ2) is 7.44. The van der Waals surface area contributed by atoms with E-state index in [4.69, 9.17) is 4.18 Å². The molecule has 5 heteroatoms. The van der Waals surface area contributed by atoms with Crippen LogP contribution in [-0.4, -0.2) is 26.8 Å². The highest BCUT2D eigenvalue weighted by Gasteiger charge is 2.30. The molecule has 0 fully saturated rings. The first kappa shape index (κ1) is 20.5. The lowest BCUT2D eigenvalue weighted by atomic mass is 9.74. The average Bonchev–Trinajstić information content (AvgIpc) is 2.82. The summed E-state index contributed by atoms with van der Waals surface area (Å²) in [7, 11) is -0.892. The van der Waals surface area contributed by atoms with Gasteiger partial charge in [-0.05, 0) is 81.5 Å². The Labute approximate surface area is 194 Å². The Hall–Kier alpha value is -3.15. The summed E-state index contributed by atoms with van der Waals surface area (Å²) in [5, 5.41) is 2.47. The zero-order valence-corrected chi connectivity index (χ0v) is 19.6. The van der Waals surface area contributed by atoms with Crippen molar-refractivity contribution in [2.45, 2.75) is 25.7 Å². The molecule has 6 rings (SSSR count). The van der Waals surface area contributed by atoms with Gasteiger partial charge in [-0.15, -0.1) is 0 Å². The second-order valence-corrected chi connectivity index (χ2v) is 10.8. The summed E-state index contributed by atoms with van der Waals surface area (Å²) < 4.78 is 32.1. The standard InChI is InChI=1S/C28H25NO3S/c1-29(2)33(30,31)32-24-9-5-7-19-12-14-22-17-16-21-15-13-20-11-10-18-6-3-4-8-23(18)25(20)27(21)28(22)26(19)24/h3-11,16-17H,12-15H2,1-2H3. The molecule has 0 radical (unpaired) electrons. The van der Waals surface area contributed by atoms with E-state index in [0.717, 1.165) is 46.7 Å². The number of benzene rings is 4. The summed E-state index contributed by atoms with van der Waals surface area (Å²) in [4.78, 5) is 0. The van der Waals surface area contributed by atoms with Gasteiger partial charge in [0.05, 0.1) is 0 Å². The van der Waals surface area contributed by atoms with Crippen LogP contribution in [0.2, 0.25) is 0 Å². The molecule has 0 unspecified atom stereocenters. The van der Waals surface area contributed by atoms with Crippen LogP contribution < -0.4 is 4.18 Å². The van der Waals surface area contributed by atoms with E-state index in [1.165, 1.54) is 52.7 Å². The molecule has 0 heterocycles. The molecule has 33 heavy (non-hydrogen) atoms. The first-order chi connectivity index (χ1) is 15.9. The first-order valence-corrected chi connectivity index (χ1v) is 12.7. The molecule has 166 valence electrons. The fourth-order valence-electron chi connectivity index (χ4n) is 5.36. The van der Waals surface area contributed by atoms with E-state index in [1.54, 1.807) is 6.07 Å². The monoisotopic (exact) mass is 455 g/mol. The Bertz CT molecular complexity index is 1540. The molecule has 0 saturated heterocycles. The van der Waals surface area contributed by atoms with Crippen LogP contribution >= 0.6 is 0 Å². The maximum Gasteiger partial charge on any atom is 0.384 e. The lowest BCUT2D eigenvalue weighted by Crippen LogP contribution is -2.27. The number of fused-ring (bicyclic) bond motifs is 9. The first-order valence-electron chi connectivity index (χ1n) is 11.3. The molecule has 0 aromatic heterocycles. The van der Waals surface area contributed by atoms with Crippen molar-refractivity contribution in [3.05, 3.63) is 89.0 Å². The summed E-state index contributed by atoms with van der Waals surface area (Å²) in [6, 6.07) is 23.3. The molecule has 4 aromatic rings. The van der Waals surface area contributed by atoms with E-state index in [9.17, 15) is 8.42 Å². The van der Waals surface area contributed by atoms with Crippen LogP contribution in [0.4, 0.5) is 0 Å². The van der Waals surface area contributed by atoms with Crippen LogP contribution in [0.5, 0.6) is 5.75 Å². The molecule has 0 bridgehead atoms. The number of nitrogens with zero attached hydrogens (tertiary/aromatic N) is 1. The third-order valence-corrected chi connectivity index (χ3v) is 8.26. The molecule has 0 saturated carbocycles. The maximum atomic E-state index is 12.7. The summed E-state index contributed by atoms with van der Waals surface area (Å²) in [6.45, 7) is 0. The fourth-order valence-corrected chi connectivity index (χ4v) is 5.88. The highest BCUT2D eigenvalue weighted by molar-refractivity contribution is 7.84. The van der Waals surface area contributed by atoms with Gasteiger partial charge in [-0.2, -0.15) is 12.7 Å². The predicted octanol–water partition coefficient (Wildman–Crippen LogP) is 5.56. The van der Waals surface area contributed by atoms with Crippen molar-refractivity contribution in [3.8, 4) is 28.0 Å². The third-order valence-electron chi connectivity index (χ3n) is 6.98. The molecule has 0 N–H and O–H groups in total. The average molecular weight is 456 g/mol. The SMILES string of the molecule is CN(C)S(=O)(=O)Oc1cccc2c1-c1c(ccc3c1-c1c(ccc4ccccc14)CC3)CC2. The molecule has 0 atom stereocenters. The van der Waals surface area contributed by atoms with Gasteiger partial charge < -0.3 is 4.18 Å². The van der Waals surface area contributed by atoms with Gasteiger partial charge in [0, 0.05) is 19.7 Å². The number of hydrogen-bond donors (Lipinski definition) is 0. The summed E-state index contributed by atoms with van der Waals surface area (Å²) in [5.41, 5.74) is 9.62. The van der Waals surface area contributed by atoms with E-state index in [2.05, 4.69) is 54.6 Å². The van der Waals surface area contributed by atoms with Crippen molar-refractivity contribution < 1.29 is 12.6 Å². The molecular formula is C28H25NO3S. The summed E-state index contributed by atoms with van der Waals surface area (Å²) >= 11 is 0. The number of aryl methyl sites for hydroxylation is 4. The number of rotatable bonds is 3. The van der Waals surface area contributed by atoms with Crippen LogP contribution in [0.1, 0.15) is 22.3 Å². The highest BCUT2D eigenvalue weighted by atomic mass is 32.2. The molecule has 0 aliphatic heterocycles. The normalized spacial score (nSPS) is 14.4. The van der Waals surface area contributed by atoms with Gasteiger partial charge in [-0.25, -0.2) is 0 Å². The van der Waals surface area contributed by atoms with Gasteiger partial charge in [0.15, 0.2) is 5.75 Å². The highest BCUT2D eigenvalue weighted by Crippen LogP contribution is 2.50. The van der Waals surface area contributed by atoms with Crippen molar-refractivity contribution in [1.82, 2.24) is 4.31 Å². The minimum Gasteiger partial charge on any atom is -0.370 e. The van der Waals surface area contributed by atoms with Crippen molar-refractivity contribution in [2.24, 2.45) is 0 Å². The van der Waals surface area contributed by atoms with Gasteiger partial charge in [-0.3, -0.25) is 0 Å². The Morgan fingerprint density at radius 3 is 1.91 bits per heavy atom. The molecular weight excluding hydrogens is 430 g/mol. The van der Waals surface area contributed by atoms with Crippen LogP contribution in [-0.2, 0) is 36.0 Å². The molecule has 0 spiro atoms. The topological polar surface area (TPSA) is 46.6 Å². The van der Waals surface area contributed by atoms with E-state index < -0.39 is 10.3 Å². The van der Waals surface area contributed by atoms with Gasteiger partial charge in [0.2, 0.25) is 0 Å². The van der Waals surface area contributed by atoms with E-state index in [-0.39, 0.29) is 0 Å². The second-order valence-electron chi connectivity index (χ2n) is 9.07. The van der Waals surface area contributed by atoms with Crippen LogP contribution in [0.25, 0.3) is 33.0 Å². The lowest BCUT2D eigenvalue weighted by molar-refractivity contribution is 0.422. The van der Waals surface area contributed by atoms with Crippen LogP contribution in [0.3, 0.4) is 0 Å². The van der Waals surface area contributed by atoms with Gasteiger partial charge >= 0.3 is 10.3 Å². The van der Waals surface area contributed by atoms with Crippen molar-refractivity contribution in [1.29, 1.82) is 0 Å². The largest absolute Gasteiger partial charge is 0.384 e. The van der Waals surface area contributed by atoms with Crippen molar-refractivity contribution in [3.63, 3.8) is 0 Å². The lowest BCUT2D eigenvalue weighted by Gasteiger charge is -2.30. The number of hydrogen-bond acceptors (Lipinski definition) is 3. The predicted molar refractivity (Wildman–Crippen MR) is 133 cm³/mol. The summed E-state index contributed by atoms with van der Waals surface area (Å²) in [5.74, 6) is 0.405. The Morgan fingerprint density at radius 2 is 1.21 bits per heavy atom. The fraction of sp³-hybridized carbons (Fsp3) is 0.214. The molecule has 0 amide bonds. The molecule has 4 nitrogen and oxygen atoms in total.